The van der Waals surface area contributed by atoms with Gasteiger partial charge < -0.3 is 10.2 Å². The van der Waals surface area contributed by atoms with Gasteiger partial charge in [0.2, 0.25) is 11.8 Å². The number of hydrogen-bond donors (Lipinski definition) is 1. The molecule has 0 spiro atoms. The van der Waals surface area contributed by atoms with Crippen LogP contribution in [0.25, 0.3) is 0 Å². The summed E-state index contributed by atoms with van der Waals surface area (Å²) in [5.74, 6) is -0.900. The number of nitrogens with zero attached hydrogens (tertiary/aromatic N) is 2. The number of aryl methyl sites for hydroxylation is 2. The second-order valence-corrected chi connectivity index (χ2v) is 6.87. The molecule has 2 aromatic rings. The van der Waals surface area contributed by atoms with Gasteiger partial charge in [-0.2, -0.15) is 5.26 Å². The second kappa shape index (κ2) is 7.19. The molecule has 0 aliphatic carbocycles. The molecular weight excluding hydrogens is 350 g/mol. The van der Waals surface area contributed by atoms with E-state index in [4.69, 9.17) is 16.9 Å². The van der Waals surface area contributed by atoms with E-state index in [0.29, 0.717) is 22.0 Å². The lowest BCUT2D eigenvalue weighted by atomic mass is 10.1. The highest BCUT2D eigenvalue weighted by molar-refractivity contribution is 6.34. The van der Waals surface area contributed by atoms with Crippen molar-refractivity contribution in [3.8, 4) is 6.07 Å². The van der Waals surface area contributed by atoms with Crippen LogP contribution in [0.2, 0.25) is 5.02 Å². The fourth-order valence-corrected chi connectivity index (χ4v) is 3.70. The summed E-state index contributed by atoms with van der Waals surface area (Å²) in [4.78, 5) is 26.7. The van der Waals surface area contributed by atoms with Crippen molar-refractivity contribution in [1.29, 1.82) is 5.26 Å². The van der Waals surface area contributed by atoms with Crippen LogP contribution in [0, 0.1) is 31.1 Å². The molecule has 3 rings (SSSR count). The molecule has 132 valence electrons. The highest BCUT2D eigenvalue weighted by Gasteiger charge is 2.36. The predicted octanol–water partition coefficient (Wildman–Crippen LogP) is 3.82. The minimum absolute atomic E-state index is 0.115. The average molecular weight is 368 g/mol. The van der Waals surface area contributed by atoms with Crippen molar-refractivity contribution in [2.75, 3.05) is 16.8 Å². The number of anilines is 2. The van der Waals surface area contributed by atoms with Gasteiger partial charge in [0, 0.05) is 13.0 Å². The van der Waals surface area contributed by atoms with Crippen molar-refractivity contribution in [2.24, 2.45) is 5.92 Å². The second-order valence-electron chi connectivity index (χ2n) is 6.46. The van der Waals surface area contributed by atoms with Gasteiger partial charge in [-0.3, -0.25) is 9.59 Å². The number of nitriles is 1. The first-order valence-electron chi connectivity index (χ1n) is 8.28. The Bertz CT molecular complexity index is 910. The van der Waals surface area contributed by atoms with Crippen LogP contribution in [0.5, 0.6) is 0 Å². The summed E-state index contributed by atoms with van der Waals surface area (Å²) < 4.78 is 0. The predicted molar refractivity (Wildman–Crippen MR) is 101 cm³/mol. The van der Waals surface area contributed by atoms with Crippen LogP contribution in [0.3, 0.4) is 0 Å². The number of rotatable bonds is 3. The number of amides is 2. The third kappa shape index (κ3) is 3.42. The Kier molecular flexibility index (Phi) is 4.97. The highest BCUT2D eigenvalue weighted by Crippen LogP contribution is 2.35. The first-order chi connectivity index (χ1) is 12.4. The Morgan fingerprint density at radius 3 is 2.73 bits per heavy atom. The summed E-state index contributed by atoms with van der Waals surface area (Å²) >= 11 is 6.35. The molecule has 0 saturated carbocycles. The third-order valence-electron chi connectivity index (χ3n) is 4.47. The summed E-state index contributed by atoms with van der Waals surface area (Å²) in [6.45, 7) is 4.11. The molecule has 2 aromatic carbocycles. The molecule has 2 amide bonds. The summed E-state index contributed by atoms with van der Waals surface area (Å²) in [5, 5.41) is 12.4. The molecular formula is C20H18ClN3O2. The van der Waals surface area contributed by atoms with Crippen LogP contribution in [-0.2, 0) is 9.59 Å². The Morgan fingerprint density at radius 1 is 1.31 bits per heavy atom. The maximum Gasteiger partial charge on any atom is 0.229 e. The minimum Gasteiger partial charge on any atom is -0.325 e. The number of nitrogens with one attached hydrogen (secondary N) is 1. The van der Waals surface area contributed by atoms with Crippen LogP contribution >= 0.6 is 11.6 Å². The lowest BCUT2D eigenvalue weighted by Crippen LogP contribution is -2.29. The maximum atomic E-state index is 12.6. The Morgan fingerprint density at radius 2 is 2.04 bits per heavy atom. The summed E-state index contributed by atoms with van der Waals surface area (Å²) in [7, 11) is 0. The molecule has 5 nitrogen and oxygen atoms in total. The molecule has 1 atom stereocenters. The number of halogens is 1. The lowest BCUT2D eigenvalue weighted by Gasteiger charge is -2.21. The van der Waals surface area contributed by atoms with Gasteiger partial charge >= 0.3 is 0 Å². The quantitative estimate of drug-likeness (QED) is 0.896. The minimum atomic E-state index is -0.494. The molecule has 1 N–H and O–H groups in total. The average Bonchev–Trinajstić information content (AvgIpc) is 2.96. The van der Waals surface area contributed by atoms with E-state index in [-0.39, 0.29) is 24.8 Å². The molecule has 0 aromatic heterocycles. The van der Waals surface area contributed by atoms with Crippen LogP contribution in [0.4, 0.5) is 11.4 Å². The van der Waals surface area contributed by atoms with E-state index < -0.39 is 5.92 Å². The monoisotopic (exact) mass is 367 g/mol. The number of benzene rings is 2. The van der Waals surface area contributed by atoms with E-state index in [9.17, 15) is 9.59 Å². The molecule has 26 heavy (non-hydrogen) atoms. The van der Waals surface area contributed by atoms with E-state index >= 15 is 0 Å². The molecule has 1 aliphatic heterocycles. The zero-order valence-electron chi connectivity index (χ0n) is 14.5. The zero-order chi connectivity index (χ0) is 18.8. The Labute approximate surface area is 157 Å². The van der Waals surface area contributed by atoms with Crippen LogP contribution in [-0.4, -0.2) is 18.4 Å². The fraction of sp³-hybridized carbons (Fsp3) is 0.250. The van der Waals surface area contributed by atoms with Crippen LogP contribution in [0.15, 0.2) is 36.4 Å². The summed E-state index contributed by atoms with van der Waals surface area (Å²) in [5.41, 5.74) is 3.43. The van der Waals surface area contributed by atoms with Gasteiger partial charge in [-0.25, -0.2) is 0 Å². The number of carbonyl (C=O) groups is 2. The van der Waals surface area contributed by atoms with Crippen molar-refractivity contribution < 1.29 is 9.59 Å². The van der Waals surface area contributed by atoms with Crippen LogP contribution < -0.4 is 10.2 Å². The zero-order valence-corrected chi connectivity index (χ0v) is 15.3. The highest BCUT2D eigenvalue weighted by atomic mass is 35.5. The van der Waals surface area contributed by atoms with Gasteiger partial charge in [-0.1, -0.05) is 29.8 Å². The van der Waals surface area contributed by atoms with E-state index in [1.807, 2.05) is 32.0 Å². The molecule has 1 fully saturated rings. The first-order valence-corrected chi connectivity index (χ1v) is 8.65. The molecule has 6 heteroatoms. The number of carbonyl (C=O) groups excluding carboxylic acids is 2. The molecule has 1 heterocycles. The smallest absolute Gasteiger partial charge is 0.229 e. The fourth-order valence-electron chi connectivity index (χ4n) is 3.27. The van der Waals surface area contributed by atoms with Crippen molar-refractivity contribution in [3.63, 3.8) is 0 Å². The van der Waals surface area contributed by atoms with Crippen LogP contribution in [0.1, 0.15) is 23.1 Å². The van der Waals surface area contributed by atoms with Crippen molar-refractivity contribution >= 4 is 34.8 Å². The van der Waals surface area contributed by atoms with E-state index in [2.05, 4.69) is 5.32 Å². The number of hydrogen-bond acceptors (Lipinski definition) is 3. The third-order valence-corrected chi connectivity index (χ3v) is 4.76. The standard InChI is InChI=1S/C20H18ClN3O2/c1-12-7-13(2)19(16(21)8-12)24-11-15(9-18(24)25)20(26)23-17-6-4-3-5-14(17)10-22/h3-8,15H,9,11H2,1-2H3,(H,23,26). The molecule has 0 radical (unpaired) electrons. The SMILES string of the molecule is Cc1cc(C)c(N2CC(C(=O)Nc3ccccc3C#N)CC2=O)c(Cl)c1. The van der Waals surface area contributed by atoms with Crippen molar-refractivity contribution in [2.45, 2.75) is 20.3 Å². The molecule has 1 unspecified atom stereocenters. The topological polar surface area (TPSA) is 73.2 Å². The lowest BCUT2D eigenvalue weighted by molar-refractivity contribution is -0.122. The van der Waals surface area contributed by atoms with Gasteiger partial charge in [0.1, 0.15) is 6.07 Å². The van der Waals surface area contributed by atoms with E-state index in [1.165, 1.54) is 0 Å². The van der Waals surface area contributed by atoms with Gasteiger partial charge in [0.25, 0.3) is 0 Å². The maximum absolute atomic E-state index is 12.6. The largest absolute Gasteiger partial charge is 0.325 e. The number of para-hydroxylation sites is 1. The summed E-state index contributed by atoms with van der Waals surface area (Å²) in [6, 6.07) is 12.6. The first kappa shape index (κ1) is 18.0. The molecule has 0 bridgehead atoms. The van der Waals surface area contributed by atoms with Gasteiger partial charge in [0.15, 0.2) is 0 Å². The van der Waals surface area contributed by atoms with Gasteiger partial charge in [-0.05, 0) is 43.2 Å². The Balaban J connectivity index is 1.80. The molecule has 1 aliphatic rings. The van der Waals surface area contributed by atoms with Gasteiger partial charge in [-0.15, -0.1) is 0 Å². The van der Waals surface area contributed by atoms with E-state index in [1.54, 1.807) is 29.2 Å². The normalized spacial score (nSPS) is 16.5. The van der Waals surface area contributed by atoms with E-state index in [0.717, 1.165) is 11.1 Å². The Hall–Kier alpha value is -2.84. The summed E-state index contributed by atoms with van der Waals surface area (Å²) in [6.07, 6.45) is 0.115. The molecule has 1 saturated heterocycles. The van der Waals surface area contributed by atoms with Crippen molar-refractivity contribution in [1.82, 2.24) is 0 Å². The van der Waals surface area contributed by atoms with Crippen molar-refractivity contribution in [3.05, 3.63) is 58.1 Å². The van der Waals surface area contributed by atoms with Gasteiger partial charge in [0.05, 0.1) is 27.9 Å².